The Bertz CT molecular complexity index is 780. The molecule has 2 aromatic heterocycles. The molecule has 0 spiro atoms. The summed E-state index contributed by atoms with van der Waals surface area (Å²) in [5.41, 5.74) is 0.572. The van der Waals surface area contributed by atoms with Crippen LogP contribution in [-0.2, 0) is 6.42 Å². The first kappa shape index (κ1) is 13.0. The Kier molecular flexibility index (Phi) is 3.59. The van der Waals surface area contributed by atoms with Crippen LogP contribution in [0.3, 0.4) is 0 Å². The molecule has 0 saturated carbocycles. The van der Waals surface area contributed by atoms with Crippen LogP contribution >= 0.6 is 0 Å². The first-order valence-corrected chi connectivity index (χ1v) is 7.24. The number of para-hydroxylation sites is 1. The third-order valence-corrected chi connectivity index (χ3v) is 3.60. The summed E-state index contributed by atoms with van der Waals surface area (Å²) in [7, 11) is 0. The molecule has 0 fully saturated rings. The topological polar surface area (TPSA) is 43.4 Å². The number of benzene rings is 1. The van der Waals surface area contributed by atoms with Gasteiger partial charge in [0.1, 0.15) is 16.7 Å². The number of hydrogen-bond acceptors (Lipinski definition) is 3. The van der Waals surface area contributed by atoms with Crippen LogP contribution in [0.2, 0.25) is 0 Å². The third kappa shape index (κ3) is 2.36. The minimum atomic E-state index is -0.00888. The molecule has 2 heterocycles. The van der Waals surface area contributed by atoms with Crippen molar-refractivity contribution in [3.8, 4) is 0 Å². The molecule has 104 valence electrons. The van der Waals surface area contributed by atoms with E-state index in [1.54, 1.807) is 12.1 Å². The molecule has 0 aliphatic carbocycles. The highest BCUT2D eigenvalue weighted by Gasteiger charge is 2.12. The fourth-order valence-corrected chi connectivity index (χ4v) is 2.49. The molecule has 0 amide bonds. The Morgan fingerprint density at radius 3 is 2.70 bits per heavy atom. The first-order chi connectivity index (χ1) is 9.79. The normalized spacial score (nSPS) is 11.4. The van der Waals surface area contributed by atoms with E-state index in [-0.39, 0.29) is 5.43 Å². The van der Waals surface area contributed by atoms with Crippen molar-refractivity contribution in [2.75, 3.05) is 0 Å². The highest BCUT2D eigenvalue weighted by Crippen LogP contribution is 2.22. The van der Waals surface area contributed by atoms with E-state index in [1.807, 2.05) is 18.2 Å². The smallest absolute Gasteiger partial charge is 0.301 e. The quantitative estimate of drug-likeness (QED) is 0.633. The molecule has 0 unspecified atom stereocenters. The van der Waals surface area contributed by atoms with Crippen molar-refractivity contribution in [2.45, 2.75) is 39.0 Å². The summed E-state index contributed by atoms with van der Waals surface area (Å²) < 4.78 is 11.3. The number of aryl methyl sites for hydroxylation is 1. The van der Waals surface area contributed by atoms with E-state index in [0.717, 1.165) is 18.6 Å². The average molecular weight is 270 g/mol. The van der Waals surface area contributed by atoms with Gasteiger partial charge in [-0.05, 0) is 24.6 Å². The minimum absolute atomic E-state index is 0.00888. The molecule has 3 heteroatoms. The van der Waals surface area contributed by atoms with Gasteiger partial charge in [-0.1, -0.05) is 38.3 Å². The lowest BCUT2D eigenvalue weighted by molar-refractivity contribution is 0.456. The van der Waals surface area contributed by atoms with Gasteiger partial charge in [0.15, 0.2) is 0 Å². The van der Waals surface area contributed by atoms with Crippen LogP contribution in [0.5, 0.6) is 0 Å². The molecule has 0 saturated heterocycles. The van der Waals surface area contributed by atoms with Crippen LogP contribution in [0.15, 0.2) is 44.0 Å². The fourth-order valence-electron chi connectivity index (χ4n) is 2.49. The van der Waals surface area contributed by atoms with E-state index in [2.05, 4.69) is 6.92 Å². The zero-order valence-electron chi connectivity index (χ0n) is 11.6. The summed E-state index contributed by atoms with van der Waals surface area (Å²) in [5.74, 6) is 1.19. The average Bonchev–Trinajstić information content (AvgIpc) is 2.87. The number of furan rings is 1. The van der Waals surface area contributed by atoms with E-state index < -0.39 is 0 Å². The molecule has 0 aliphatic rings. The van der Waals surface area contributed by atoms with Crippen molar-refractivity contribution in [2.24, 2.45) is 0 Å². The summed E-state index contributed by atoms with van der Waals surface area (Å²) in [4.78, 5) is 12.4. The van der Waals surface area contributed by atoms with Crippen molar-refractivity contribution in [3.05, 3.63) is 46.3 Å². The van der Waals surface area contributed by atoms with Crippen molar-refractivity contribution in [1.29, 1.82) is 0 Å². The zero-order chi connectivity index (χ0) is 13.9. The van der Waals surface area contributed by atoms with E-state index in [0.29, 0.717) is 22.1 Å². The number of unbranched alkanes of at least 4 members (excludes halogenated alkanes) is 3. The Hall–Kier alpha value is -2.03. The molecule has 3 nitrogen and oxygen atoms in total. The Labute approximate surface area is 117 Å². The summed E-state index contributed by atoms with van der Waals surface area (Å²) >= 11 is 0. The molecule has 0 bridgehead atoms. The second-order valence-corrected chi connectivity index (χ2v) is 5.15. The van der Waals surface area contributed by atoms with E-state index >= 15 is 0 Å². The summed E-state index contributed by atoms with van der Waals surface area (Å²) in [5, 5.41) is 1.16. The van der Waals surface area contributed by atoms with Gasteiger partial charge >= 0.3 is 5.78 Å². The zero-order valence-corrected chi connectivity index (χ0v) is 11.6. The lowest BCUT2D eigenvalue weighted by atomic mass is 10.1. The predicted octanol–water partition coefficient (Wildman–Crippen LogP) is 4.66. The largest absolute Gasteiger partial charge is 0.430 e. The number of fused-ring (bicyclic) bond motifs is 2. The van der Waals surface area contributed by atoms with E-state index in [9.17, 15) is 4.79 Å². The Morgan fingerprint density at radius 2 is 1.85 bits per heavy atom. The number of rotatable bonds is 5. The van der Waals surface area contributed by atoms with Gasteiger partial charge in [-0.25, -0.2) is 0 Å². The van der Waals surface area contributed by atoms with Gasteiger partial charge in [0, 0.05) is 6.42 Å². The van der Waals surface area contributed by atoms with Gasteiger partial charge in [-0.3, -0.25) is 4.79 Å². The molecular weight excluding hydrogens is 252 g/mol. The Morgan fingerprint density at radius 1 is 1.00 bits per heavy atom. The van der Waals surface area contributed by atoms with Gasteiger partial charge in [0.25, 0.3) is 0 Å². The van der Waals surface area contributed by atoms with Crippen molar-refractivity contribution < 1.29 is 8.83 Å². The summed E-state index contributed by atoms with van der Waals surface area (Å²) in [6.45, 7) is 2.19. The lowest BCUT2D eigenvalue weighted by Crippen LogP contribution is -1.99. The molecule has 20 heavy (non-hydrogen) atoms. The molecule has 0 radical (unpaired) electrons. The third-order valence-electron chi connectivity index (χ3n) is 3.60. The van der Waals surface area contributed by atoms with Crippen molar-refractivity contribution >= 4 is 22.1 Å². The summed E-state index contributed by atoms with van der Waals surface area (Å²) in [6.07, 6.45) is 5.59. The van der Waals surface area contributed by atoms with Gasteiger partial charge < -0.3 is 8.83 Å². The maximum Gasteiger partial charge on any atom is 0.301 e. The van der Waals surface area contributed by atoms with Crippen molar-refractivity contribution in [1.82, 2.24) is 0 Å². The monoisotopic (exact) mass is 270 g/mol. The molecular formula is C17H18O3. The van der Waals surface area contributed by atoms with E-state index in [1.165, 1.54) is 19.3 Å². The van der Waals surface area contributed by atoms with Gasteiger partial charge in [-0.2, -0.15) is 0 Å². The molecule has 0 aliphatic heterocycles. The maximum absolute atomic E-state index is 12.4. The van der Waals surface area contributed by atoms with Gasteiger partial charge in [-0.15, -0.1) is 0 Å². The van der Waals surface area contributed by atoms with Gasteiger partial charge in [0.2, 0.25) is 5.43 Å². The van der Waals surface area contributed by atoms with Crippen LogP contribution in [0.4, 0.5) is 0 Å². The van der Waals surface area contributed by atoms with Crippen LogP contribution in [0.1, 0.15) is 38.4 Å². The fraction of sp³-hybridized carbons (Fsp3) is 0.353. The number of hydrogen-bond donors (Lipinski definition) is 0. The van der Waals surface area contributed by atoms with Crippen LogP contribution in [0, 0.1) is 0 Å². The molecule has 0 N–H and O–H groups in total. The van der Waals surface area contributed by atoms with Crippen LogP contribution < -0.4 is 5.43 Å². The molecule has 0 atom stereocenters. The maximum atomic E-state index is 12.4. The lowest BCUT2D eigenvalue weighted by Gasteiger charge is -1.96. The van der Waals surface area contributed by atoms with E-state index in [4.69, 9.17) is 8.83 Å². The molecule has 3 aromatic rings. The molecule has 3 rings (SSSR count). The van der Waals surface area contributed by atoms with Crippen molar-refractivity contribution in [3.63, 3.8) is 0 Å². The second kappa shape index (κ2) is 5.53. The highest BCUT2D eigenvalue weighted by atomic mass is 16.5. The van der Waals surface area contributed by atoms with Gasteiger partial charge in [0.05, 0.1) is 5.39 Å². The van der Waals surface area contributed by atoms with Crippen LogP contribution in [-0.4, -0.2) is 0 Å². The van der Waals surface area contributed by atoms with Crippen LogP contribution in [0.25, 0.3) is 22.1 Å². The second-order valence-electron chi connectivity index (χ2n) is 5.15. The highest BCUT2D eigenvalue weighted by molar-refractivity contribution is 5.87. The predicted molar refractivity (Wildman–Crippen MR) is 80.1 cm³/mol. The first-order valence-electron chi connectivity index (χ1n) is 7.24. The summed E-state index contributed by atoms with van der Waals surface area (Å²) in [6, 6.07) is 9.11. The minimum Gasteiger partial charge on any atom is -0.430 e. The standard InChI is InChI=1S/C17H18O3/c1-2-3-4-5-8-12-11-14-16(18)13-9-6-7-10-15(13)20-17(14)19-12/h6-7,9-11H,2-5,8H2,1H3. The molecule has 1 aromatic carbocycles. The Balaban J connectivity index is 1.96. The SMILES string of the molecule is CCCCCCc1cc2c(=O)c3ccccc3oc2o1.